The third kappa shape index (κ3) is 5.36. The van der Waals surface area contributed by atoms with Crippen LogP contribution in [0, 0.1) is 16.7 Å². The quantitative estimate of drug-likeness (QED) is 0.613. The molecule has 0 saturated heterocycles. The highest BCUT2D eigenvalue weighted by atomic mass is 32.2. The number of nitriles is 1. The van der Waals surface area contributed by atoms with Gasteiger partial charge in [0.05, 0.1) is 10.7 Å². The van der Waals surface area contributed by atoms with E-state index in [-0.39, 0.29) is 5.41 Å². The van der Waals surface area contributed by atoms with E-state index in [1.807, 2.05) is 18.3 Å². The monoisotopic (exact) mass is 406 g/mol. The minimum atomic E-state index is 0.0503. The maximum atomic E-state index is 9.78. The second kappa shape index (κ2) is 9.57. The summed E-state index contributed by atoms with van der Waals surface area (Å²) in [4.78, 5) is 13.0. The Kier molecular flexibility index (Phi) is 6.89. The zero-order chi connectivity index (χ0) is 20.7. The largest absolute Gasteiger partial charge is 0.354 e. The van der Waals surface area contributed by atoms with Gasteiger partial charge in [0, 0.05) is 36.2 Å². The molecule has 29 heavy (non-hydrogen) atoms. The Morgan fingerprint density at radius 3 is 2.90 bits per heavy atom. The molecule has 3 heterocycles. The van der Waals surface area contributed by atoms with E-state index in [9.17, 15) is 5.26 Å². The van der Waals surface area contributed by atoms with Crippen LogP contribution in [-0.2, 0) is 6.42 Å². The van der Waals surface area contributed by atoms with Crippen LogP contribution in [0.3, 0.4) is 0 Å². The third-order valence-corrected chi connectivity index (χ3v) is 5.71. The van der Waals surface area contributed by atoms with Crippen molar-refractivity contribution in [1.82, 2.24) is 20.3 Å². The van der Waals surface area contributed by atoms with Crippen LogP contribution >= 0.6 is 11.8 Å². The summed E-state index contributed by atoms with van der Waals surface area (Å²) in [6, 6.07) is 8.05. The minimum Gasteiger partial charge on any atom is -0.354 e. The molecule has 7 heteroatoms. The first kappa shape index (κ1) is 20.9. The molecule has 0 fully saturated rings. The summed E-state index contributed by atoms with van der Waals surface area (Å²) in [5.74, 6) is 0.516. The van der Waals surface area contributed by atoms with E-state index in [1.54, 1.807) is 30.2 Å². The second-order valence-electron chi connectivity index (χ2n) is 7.53. The van der Waals surface area contributed by atoms with Crippen molar-refractivity contribution in [3.8, 4) is 6.07 Å². The number of rotatable bonds is 8. The number of nitrogens with one attached hydrogen (secondary N) is 2. The highest BCUT2D eigenvalue weighted by molar-refractivity contribution is 8.06. The van der Waals surface area contributed by atoms with Crippen LogP contribution in [0.25, 0.3) is 5.57 Å². The number of hydrogen-bond acceptors (Lipinski definition) is 7. The molecule has 0 atom stereocenters. The van der Waals surface area contributed by atoms with Crippen LogP contribution in [0.1, 0.15) is 44.9 Å². The van der Waals surface area contributed by atoms with Crippen LogP contribution < -0.4 is 10.6 Å². The summed E-state index contributed by atoms with van der Waals surface area (Å²) in [5, 5.41) is 19.4. The van der Waals surface area contributed by atoms with Crippen molar-refractivity contribution in [1.29, 1.82) is 5.26 Å². The molecule has 1 aliphatic rings. The summed E-state index contributed by atoms with van der Waals surface area (Å²) in [6.07, 6.45) is 8.32. The van der Waals surface area contributed by atoms with Crippen LogP contribution in [0.15, 0.2) is 52.9 Å². The minimum absolute atomic E-state index is 0.0503. The molecular weight excluding hydrogens is 380 g/mol. The summed E-state index contributed by atoms with van der Waals surface area (Å²) >= 11 is 1.55. The number of allylic oxidation sites excluding steroid dienone is 2. The van der Waals surface area contributed by atoms with E-state index in [1.165, 1.54) is 0 Å². The Morgan fingerprint density at radius 2 is 2.17 bits per heavy atom. The lowest BCUT2D eigenvalue weighted by atomic mass is 9.85. The predicted octanol–water partition coefficient (Wildman–Crippen LogP) is 4.72. The normalized spacial score (nSPS) is 15.3. The van der Waals surface area contributed by atoms with Gasteiger partial charge >= 0.3 is 0 Å². The lowest BCUT2D eigenvalue weighted by Crippen LogP contribution is -2.23. The van der Waals surface area contributed by atoms with Gasteiger partial charge in [-0.2, -0.15) is 5.26 Å². The van der Waals surface area contributed by atoms with Gasteiger partial charge in [-0.1, -0.05) is 45.0 Å². The van der Waals surface area contributed by atoms with Crippen molar-refractivity contribution in [3.05, 3.63) is 64.2 Å². The molecule has 0 amide bonds. The number of anilines is 1. The number of nitrogens with zero attached hydrogens (tertiary/aromatic N) is 4. The predicted molar refractivity (Wildman–Crippen MR) is 118 cm³/mol. The van der Waals surface area contributed by atoms with Crippen molar-refractivity contribution in [2.24, 2.45) is 5.41 Å². The van der Waals surface area contributed by atoms with Crippen molar-refractivity contribution < 1.29 is 0 Å². The smallest absolute Gasteiger partial charge is 0.223 e. The average Bonchev–Trinajstić information content (AvgIpc) is 3.21. The van der Waals surface area contributed by atoms with Crippen LogP contribution in [0.5, 0.6) is 0 Å². The number of pyridine rings is 1. The first-order valence-electron chi connectivity index (χ1n) is 9.78. The molecule has 150 valence electrons. The standard InChI is InChI=1S/C22H26N6S/c1-4-9-22(2,3)19-15-29-20(28-19)17(13-23)18-8-12-26-21(27-18)25-11-7-16-6-5-10-24-14-16/h5-6,8,10,12,14-15,28H,4,7,9,11H2,1-3H3,(H,25,26,27)/b20-17-. The summed E-state index contributed by atoms with van der Waals surface area (Å²) in [7, 11) is 0. The molecule has 0 unspecified atom stereocenters. The van der Waals surface area contributed by atoms with Gasteiger partial charge in [-0.3, -0.25) is 4.98 Å². The van der Waals surface area contributed by atoms with Crippen molar-refractivity contribution in [3.63, 3.8) is 0 Å². The van der Waals surface area contributed by atoms with Gasteiger partial charge in [0.25, 0.3) is 0 Å². The molecule has 3 rings (SSSR count). The molecule has 2 N–H and O–H groups in total. The highest BCUT2D eigenvalue weighted by Crippen LogP contribution is 2.40. The molecule has 0 aromatic carbocycles. The number of hydrogen-bond donors (Lipinski definition) is 2. The lowest BCUT2D eigenvalue weighted by Gasteiger charge is -2.26. The van der Waals surface area contributed by atoms with Crippen LogP contribution in [0.2, 0.25) is 0 Å². The van der Waals surface area contributed by atoms with Gasteiger partial charge < -0.3 is 10.6 Å². The Labute approximate surface area is 176 Å². The molecule has 0 radical (unpaired) electrons. The molecule has 2 aromatic rings. The van der Waals surface area contributed by atoms with Gasteiger partial charge in [-0.25, -0.2) is 9.97 Å². The lowest BCUT2D eigenvalue weighted by molar-refractivity contribution is 0.387. The molecule has 0 spiro atoms. The zero-order valence-corrected chi connectivity index (χ0v) is 17.9. The summed E-state index contributed by atoms with van der Waals surface area (Å²) < 4.78 is 0. The van der Waals surface area contributed by atoms with Crippen molar-refractivity contribution in [2.45, 2.75) is 40.0 Å². The van der Waals surface area contributed by atoms with Crippen molar-refractivity contribution >= 4 is 23.3 Å². The van der Waals surface area contributed by atoms with E-state index in [4.69, 9.17) is 0 Å². The highest BCUT2D eigenvalue weighted by Gasteiger charge is 2.28. The van der Waals surface area contributed by atoms with E-state index < -0.39 is 0 Å². The molecule has 1 aliphatic heterocycles. The van der Waals surface area contributed by atoms with E-state index in [2.05, 4.69) is 57.8 Å². The SMILES string of the molecule is CCCC(C)(C)C1=CS/C(=C(/C#N)c2ccnc(NCCc3cccnc3)n2)N1. The Balaban J connectivity index is 1.70. The fourth-order valence-electron chi connectivity index (χ4n) is 3.18. The second-order valence-corrected chi connectivity index (χ2v) is 8.41. The van der Waals surface area contributed by atoms with E-state index in [0.717, 1.165) is 35.6 Å². The van der Waals surface area contributed by atoms with Crippen LogP contribution in [-0.4, -0.2) is 21.5 Å². The molecule has 2 aromatic heterocycles. The zero-order valence-electron chi connectivity index (χ0n) is 17.1. The maximum absolute atomic E-state index is 9.78. The maximum Gasteiger partial charge on any atom is 0.223 e. The number of thioether (sulfide) groups is 1. The van der Waals surface area contributed by atoms with Gasteiger partial charge in [-0.15, -0.1) is 0 Å². The fraction of sp³-hybridized carbons (Fsp3) is 0.364. The molecular formula is C22H26N6S. The van der Waals surface area contributed by atoms with Gasteiger partial charge in [-0.05, 0) is 35.9 Å². The molecule has 6 nitrogen and oxygen atoms in total. The number of aromatic nitrogens is 3. The average molecular weight is 407 g/mol. The van der Waals surface area contributed by atoms with Gasteiger partial charge in [0.1, 0.15) is 11.6 Å². The summed E-state index contributed by atoms with van der Waals surface area (Å²) in [6.45, 7) is 7.32. The molecule has 0 saturated carbocycles. The first-order chi connectivity index (χ1) is 14.0. The van der Waals surface area contributed by atoms with Gasteiger partial charge in [0.15, 0.2) is 0 Å². The van der Waals surface area contributed by atoms with E-state index >= 15 is 0 Å². The molecule has 0 bridgehead atoms. The summed E-state index contributed by atoms with van der Waals surface area (Å²) in [5.41, 5.74) is 3.50. The molecule has 0 aliphatic carbocycles. The van der Waals surface area contributed by atoms with Crippen molar-refractivity contribution in [2.75, 3.05) is 11.9 Å². The fourth-order valence-corrected chi connectivity index (χ4v) is 4.23. The Morgan fingerprint density at radius 1 is 1.31 bits per heavy atom. The van der Waals surface area contributed by atoms with E-state index in [0.29, 0.717) is 23.8 Å². The first-order valence-corrected chi connectivity index (χ1v) is 10.7. The topological polar surface area (TPSA) is 86.5 Å². The third-order valence-electron chi connectivity index (χ3n) is 4.82. The Hall–Kier alpha value is -2.85. The Bertz CT molecular complexity index is 943. The van der Waals surface area contributed by atoms with Gasteiger partial charge in [0.2, 0.25) is 5.95 Å². The van der Waals surface area contributed by atoms with Crippen LogP contribution in [0.4, 0.5) is 5.95 Å².